The molecule has 3 aromatic rings. The van der Waals surface area contributed by atoms with E-state index in [1.807, 2.05) is 24.3 Å². The Morgan fingerprint density at radius 1 is 1.24 bits per heavy atom. The zero-order valence-electron chi connectivity index (χ0n) is 10.6. The van der Waals surface area contributed by atoms with Gasteiger partial charge in [-0.15, -0.1) is 0 Å². The molecule has 1 heterocycles. The van der Waals surface area contributed by atoms with Gasteiger partial charge in [-0.2, -0.15) is 0 Å². The van der Waals surface area contributed by atoms with E-state index in [1.54, 1.807) is 12.1 Å². The minimum absolute atomic E-state index is 0.0248. The van der Waals surface area contributed by atoms with Gasteiger partial charge in [0.05, 0.1) is 20.3 Å². The van der Waals surface area contributed by atoms with Crippen molar-refractivity contribution in [2.24, 2.45) is 0 Å². The molecule has 0 fully saturated rings. The number of carbonyl (C=O) groups is 1. The minimum atomic E-state index is -0.0248. The van der Waals surface area contributed by atoms with E-state index in [4.69, 9.17) is 5.73 Å². The summed E-state index contributed by atoms with van der Waals surface area (Å²) < 4.78 is 2.42. The molecular formula is C14H10Br2N2O2S. The van der Waals surface area contributed by atoms with E-state index in [9.17, 15) is 9.90 Å². The highest BCUT2D eigenvalue weighted by Gasteiger charge is 2.05. The summed E-state index contributed by atoms with van der Waals surface area (Å²) in [6.45, 7) is 0. The van der Waals surface area contributed by atoms with Gasteiger partial charge in [-0.3, -0.25) is 4.79 Å². The molecule has 0 unspecified atom stereocenters. The highest BCUT2D eigenvalue weighted by Crippen LogP contribution is 2.30. The van der Waals surface area contributed by atoms with Gasteiger partial charge in [0.15, 0.2) is 11.4 Å². The third kappa shape index (κ3) is 4.03. The summed E-state index contributed by atoms with van der Waals surface area (Å²) in [6, 6.07) is 11.1. The fourth-order valence-electron chi connectivity index (χ4n) is 1.57. The van der Waals surface area contributed by atoms with Gasteiger partial charge in [-0.25, -0.2) is 4.98 Å². The summed E-state index contributed by atoms with van der Waals surface area (Å²) in [6.07, 6.45) is 0.602. The first-order valence-electron chi connectivity index (χ1n) is 5.75. The lowest BCUT2D eigenvalue weighted by Crippen LogP contribution is -1.82. The van der Waals surface area contributed by atoms with Crippen molar-refractivity contribution in [3.8, 4) is 5.75 Å². The van der Waals surface area contributed by atoms with E-state index in [2.05, 4.69) is 36.8 Å². The summed E-state index contributed by atoms with van der Waals surface area (Å²) in [5, 5.41) is 9.86. The molecule has 0 aliphatic carbocycles. The number of aromatic nitrogens is 1. The number of aromatic hydroxyl groups is 1. The largest absolute Gasteiger partial charge is 0.506 e. The van der Waals surface area contributed by atoms with Crippen LogP contribution in [0.15, 0.2) is 45.3 Å². The number of phenols is 1. The molecule has 0 saturated carbocycles. The van der Waals surface area contributed by atoms with Crippen molar-refractivity contribution >= 4 is 64.8 Å². The van der Waals surface area contributed by atoms with E-state index >= 15 is 0 Å². The Kier molecular flexibility index (Phi) is 5.33. The highest BCUT2D eigenvalue weighted by molar-refractivity contribution is 9.11. The van der Waals surface area contributed by atoms with Crippen LogP contribution in [0.2, 0.25) is 0 Å². The third-order valence-electron chi connectivity index (χ3n) is 2.50. The molecule has 21 heavy (non-hydrogen) atoms. The van der Waals surface area contributed by atoms with Crippen molar-refractivity contribution < 1.29 is 9.90 Å². The zero-order chi connectivity index (χ0) is 15.4. The molecule has 0 saturated heterocycles. The number of hydrogen-bond donors (Lipinski definition) is 2. The number of benzene rings is 2. The number of phenolic OH excluding ortho intramolecular Hbond substituents is 1. The van der Waals surface area contributed by atoms with Crippen LogP contribution in [0, 0.1) is 0 Å². The summed E-state index contributed by atoms with van der Waals surface area (Å²) in [4.78, 5) is 14.4. The predicted octanol–water partition coefficient (Wildman–Crippen LogP) is 4.61. The number of anilines is 1. The molecule has 4 nitrogen and oxygen atoms in total. The molecule has 0 amide bonds. The molecular weight excluding hydrogens is 420 g/mol. The number of thiazole rings is 1. The first kappa shape index (κ1) is 15.9. The summed E-state index contributed by atoms with van der Waals surface area (Å²) in [7, 11) is 0. The van der Waals surface area contributed by atoms with Crippen molar-refractivity contribution in [3.63, 3.8) is 0 Å². The second-order valence-electron chi connectivity index (χ2n) is 3.96. The van der Waals surface area contributed by atoms with E-state index in [1.165, 1.54) is 11.3 Å². The van der Waals surface area contributed by atoms with Crippen LogP contribution >= 0.6 is 43.2 Å². The van der Waals surface area contributed by atoms with Crippen LogP contribution in [0.5, 0.6) is 5.75 Å². The molecule has 7 heteroatoms. The zero-order valence-corrected chi connectivity index (χ0v) is 14.6. The Bertz CT molecular complexity index is 757. The van der Waals surface area contributed by atoms with Crippen molar-refractivity contribution in [1.29, 1.82) is 0 Å². The molecule has 0 spiro atoms. The Hall–Kier alpha value is -1.44. The van der Waals surface area contributed by atoms with Gasteiger partial charge < -0.3 is 10.8 Å². The van der Waals surface area contributed by atoms with Crippen LogP contribution < -0.4 is 5.73 Å². The molecule has 1 aromatic heterocycles. The third-order valence-corrected chi connectivity index (χ3v) is 4.42. The fraction of sp³-hybridized carbons (Fsp3) is 0. The highest BCUT2D eigenvalue weighted by atomic mass is 79.9. The lowest BCUT2D eigenvalue weighted by atomic mass is 10.2. The standard InChI is InChI=1S/C7H4Br2O2.C7H6N2S/c8-5-1-4(3-10)7(11)6(9)2-5;8-7-9-5-3-1-2-4-6(5)10-7/h1-3,11H;1-4H,(H2,8,9). The Labute approximate surface area is 141 Å². The predicted molar refractivity (Wildman–Crippen MR) is 92.9 cm³/mol. The van der Waals surface area contributed by atoms with Crippen LogP contribution in [0.3, 0.4) is 0 Å². The number of nitrogens with two attached hydrogens (primary N) is 1. The molecule has 0 atom stereocenters. The number of nitrogen functional groups attached to an aromatic ring is 1. The average Bonchev–Trinajstić information content (AvgIpc) is 2.83. The van der Waals surface area contributed by atoms with Crippen LogP contribution in [0.25, 0.3) is 10.2 Å². The number of aldehydes is 1. The molecule has 3 N–H and O–H groups in total. The van der Waals surface area contributed by atoms with Gasteiger partial charge in [0.1, 0.15) is 5.75 Å². The molecule has 0 bridgehead atoms. The minimum Gasteiger partial charge on any atom is -0.506 e. The van der Waals surface area contributed by atoms with Gasteiger partial charge >= 0.3 is 0 Å². The van der Waals surface area contributed by atoms with E-state index in [0.29, 0.717) is 15.9 Å². The lowest BCUT2D eigenvalue weighted by Gasteiger charge is -1.99. The first-order chi connectivity index (χ1) is 10.0. The number of fused-ring (bicyclic) bond motifs is 1. The van der Waals surface area contributed by atoms with Gasteiger partial charge in [0, 0.05) is 4.47 Å². The maximum absolute atomic E-state index is 10.3. The number of para-hydroxylation sites is 1. The molecule has 0 aliphatic rings. The summed E-state index contributed by atoms with van der Waals surface area (Å²) in [5.41, 5.74) is 6.76. The number of hydrogen-bond acceptors (Lipinski definition) is 5. The lowest BCUT2D eigenvalue weighted by molar-refractivity contribution is 0.112. The van der Waals surface area contributed by atoms with Gasteiger partial charge in [0.25, 0.3) is 0 Å². The molecule has 0 aliphatic heterocycles. The SMILES string of the molecule is Nc1nc2ccccc2s1.O=Cc1cc(Br)cc(Br)c1O. The molecule has 2 aromatic carbocycles. The normalized spacial score (nSPS) is 10.0. The van der Waals surface area contributed by atoms with Gasteiger partial charge in [-0.05, 0) is 40.2 Å². The number of carbonyl (C=O) groups excluding carboxylic acids is 1. The molecule has 0 radical (unpaired) electrons. The maximum Gasteiger partial charge on any atom is 0.181 e. The number of nitrogens with zero attached hydrogens (tertiary/aromatic N) is 1. The fourth-order valence-corrected chi connectivity index (χ4v) is 3.56. The van der Waals surface area contributed by atoms with Gasteiger partial charge in [-0.1, -0.05) is 39.4 Å². The summed E-state index contributed by atoms with van der Waals surface area (Å²) in [5.74, 6) is -0.0248. The smallest absolute Gasteiger partial charge is 0.181 e. The van der Waals surface area contributed by atoms with E-state index < -0.39 is 0 Å². The molecule has 3 rings (SSSR count). The Morgan fingerprint density at radius 2 is 1.95 bits per heavy atom. The van der Waals surface area contributed by atoms with Crippen LogP contribution in [0.4, 0.5) is 5.13 Å². The quantitative estimate of drug-likeness (QED) is 0.554. The van der Waals surface area contributed by atoms with Crippen molar-refractivity contribution in [1.82, 2.24) is 4.98 Å². The maximum atomic E-state index is 10.3. The number of halogens is 2. The Morgan fingerprint density at radius 3 is 2.62 bits per heavy atom. The van der Waals surface area contributed by atoms with Crippen molar-refractivity contribution in [3.05, 3.63) is 50.9 Å². The average molecular weight is 430 g/mol. The monoisotopic (exact) mass is 428 g/mol. The van der Waals surface area contributed by atoms with Gasteiger partial charge in [0.2, 0.25) is 0 Å². The second kappa shape index (κ2) is 7.02. The van der Waals surface area contributed by atoms with Crippen LogP contribution in [0.1, 0.15) is 10.4 Å². The van der Waals surface area contributed by atoms with E-state index in [0.717, 1.165) is 14.7 Å². The summed E-state index contributed by atoms with van der Waals surface area (Å²) >= 11 is 7.81. The van der Waals surface area contributed by atoms with Crippen molar-refractivity contribution in [2.75, 3.05) is 5.73 Å². The topological polar surface area (TPSA) is 76.2 Å². The van der Waals surface area contributed by atoms with Crippen LogP contribution in [-0.4, -0.2) is 16.4 Å². The van der Waals surface area contributed by atoms with Crippen molar-refractivity contribution in [2.45, 2.75) is 0 Å². The van der Waals surface area contributed by atoms with E-state index in [-0.39, 0.29) is 11.3 Å². The number of rotatable bonds is 1. The molecule has 108 valence electrons. The van der Waals surface area contributed by atoms with Crippen LogP contribution in [-0.2, 0) is 0 Å². The Balaban J connectivity index is 0.000000154. The first-order valence-corrected chi connectivity index (χ1v) is 8.15. The second-order valence-corrected chi connectivity index (χ2v) is 6.80.